The van der Waals surface area contributed by atoms with E-state index in [9.17, 15) is 0 Å². The van der Waals surface area contributed by atoms with Gasteiger partial charge in [0, 0.05) is 18.0 Å². The molecule has 0 aliphatic carbocycles. The van der Waals surface area contributed by atoms with Crippen LogP contribution in [-0.2, 0) is 0 Å². The predicted octanol–water partition coefficient (Wildman–Crippen LogP) is 0.530. The predicted molar refractivity (Wildman–Crippen MR) is 47.2 cm³/mol. The highest BCUT2D eigenvalue weighted by Crippen LogP contribution is 2.05. The molecule has 3 unspecified atom stereocenters. The SMILES string of the molecule is CC1CNC(C=S)NC1C. The summed E-state index contributed by atoms with van der Waals surface area (Å²) >= 11 is 4.81. The zero-order valence-electron chi connectivity index (χ0n) is 6.42. The normalized spacial score (nSPS) is 41.2. The van der Waals surface area contributed by atoms with Crippen LogP contribution in [0.1, 0.15) is 13.8 Å². The molecule has 0 radical (unpaired) electrons. The maximum absolute atomic E-state index is 4.81. The Hall–Kier alpha value is 0.01000. The number of hydrogen-bond acceptors (Lipinski definition) is 3. The third-order valence-electron chi connectivity index (χ3n) is 2.09. The first-order chi connectivity index (χ1) is 4.74. The molecule has 3 heteroatoms. The molecule has 2 nitrogen and oxygen atoms in total. The van der Waals surface area contributed by atoms with Gasteiger partial charge in [-0.15, -0.1) is 0 Å². The van der Waals surface area contributed by atoms with Gasteiger partial charge < -0.3 is 0 Å². The summed E-state index contributed by atoms with van der Waals surface area (Å²) in [4.78, 5) is 0. The van der Waals surface area contributed by atoms with Crippen LogP contribution in [0.2, 0.25) is 0 Å². The second kappa shape index (κ2) is 3.42. The molecule has 0 saturated carbocycles. The molecule has 58 valence electrons. The fourth-order valence-electron chi connectivity index (χ4n) is 1.08. The average molecular weight is 158 g/mol. The molecule has 1 aliphatic rings. The lowest BCUT2D eigenvalue weighted by molar-refractivity contribution is 0.290. The van der Waals surface area contributed by atoms with Gasteiger partial charge in [0.15, 0.2) is 0 Å². The van der Waals surface area contributed by atoms with Crippen LogP contribution in [0.5, 0.6) is 0 Å². The van der Waals surface area contributed by atoms with E-state index in [-0.39, 0.29) is 6.17 Å². The lowest BCUT2D eigenvalue weighted by Gasteiger charge is -2.32. The van der Waals surface area contributed by atoms with Gasteiger partial charge in [-0.1, -0.05) is 19.1 Å². The fraction of sp³-hybridized carbons (Fsp3) is 0.857. The quantitative estimate of drug-likeness (QED) is 0.544. The van der Waals surface area contributed by atoms with Gasteiger partial charge in [0.2, 0.25) is 0 Å². The van der Waals surface area contributed by atoms with Crippen molar-refractivity contribution < 1.29 is 0 Å². The van der Waals surface area contributed by atoms with Crippen LogP contribution in [0.4, 0.5) is 0 Å². The highest BCUT2D eigenvalue weighted by molar-refractivity contribution is 7.79. The molecule has 3 atom stereocenters. The van der Waals surface area contributed by atoms with Gasteiger partial charge in [-0.05, 0) is 12.8 Å². The topological polar surface area (TPSA) is 24.1 Å². The molecule has 1 saturated heterocycles. The summed E-state index contributed by atoms with van der Waals surface area (Å²) in [6, 6.07) is 0.574. The molecule has 1 aliphatic heterocycles. The van der Waals surface area contributed by atoms with Crippen molar-refractivity contribution in [2.75, 3.05) is 6.54 Å². The van der Waals surface area contributed by atoms with Crippen molar-refractivity contribution in [3.63, 3.8) is 0 Å². The van der Waals surface area contributed by atoms with Gasteiger partial charge in [-0.3, -0.25) is 10.6 Å². The molecule has 1 heterocycles. The van der Waals surface area contributed by atoms with Crippen LogP contribution < -0.4 is 10.6 Å². The summed E-state index contributed by atoms with van der Waals surface area (Å²) in [6.07, 6.45) is 0.237. The Morgan fingerprint density at radius 3 is 2.70 bits per heavy atom. The van der Waals surface area contributed by atoms with Crippen LogP contribution in [0.25, 0.3) is 0 Å². The van der Waals surface area contributed by atoms with E-state index in [2.05, 4.69) is 24.5 Å². The smallest absolute Gasteiger partial charge is 0.0871 e. The summed E-state index contributed by atoms with van der Waals surface area (Å²) in [5.74, 6) is 0.700. The Kier molecular flexibility index (Phi) is 2.77. The Labute approximate surface area is 67.4 Å². The minimum absolute atomic E-state index is 0.237. The highest BCUT2D eigenvalue weighted by Gasteiger charge is 2.20. The third kappa shape index (κ3) is 1.75. The number of thiocarbonyl (C=S) groups is 1. The average Bonchev–Trinajstić information content (AvgIpc) is 1.95. The van der Waals surface area contributed by atoms with E-state index in [1.165, 1.54) is 0 Å². The van der Waals surface area contributed by atoms with E-state index in [4.69, 9.17) is 12.2 Å². The molecule has 10 heavy (non-hydrogen) atoms. The minimum Gasteiger partial charge on any atom is -0.298 e. The first kappa shape index (κ1) is 8.11. The van der Waals surface area contributed by atoms with Crippen molar-refractivity contribution in [1.82, 2.24) is 10.6 Å². The van der Waals surface area contributed by atoms with Gasteiger partial charge in [-0.25, -0.2) is 0 Å². The lowest BCUT2D eigenvalue weighted by atomic mass is 10.0. The van der Waals surface area contributed by atoms with Crippen molar-refractivity contribution in [3.05, 3.63) is 0 Å². The van der Waals surface area contributed by atoms with Crippen molar-refractivity contribution in [3.8, 4) is 0 Å². The second-order valence-corrected chi connectivity index (χ2v) is 3.23. The monoisotopic (exact) mass is 158 g/mol. The lowest BCUT2D eigenvalue weighted by Crippen LogP contribution is -2.57. The molecule has 0 aromatic carbocycles. The molecule has 1 fully saturated rings. The van der Waals surface area contributed by atoms with Gasteiger partial charge in [0.05, 0.1) is 6.17 Å². The van der Waals surface area contributed by atoms with Gasteiger partial charge >= 0.3 is 0 Å². The Balaban J connectivity index is 2.40. The summed E-state index contributed by atoms with van der Waals surface area (Å²) in [6.45, 7) is 5.48. The third-order valence-corrected chi connectivity index (χ3v) is 2.36. The molecular formula is C7H14N2S. The first-order valence-corrected chi connectivity index (χ1v) is 4.16. The zero-order valence-corrected chi connectivity index (χ0v) is 7.24. The summed E-state index contributed by atoms with van der Waals surface area (Å²) < 4.78 is 0. The van der Waals surface area contributed by atoms with Crippen LogP contribution in [0.3, 0.4) is 0 Å². The number of rotatable bonds is 1. The van der Waals surface area contributed by atoms with Gasteiger partial charge in [0.25, 0.3) is 0 Å². The first-order valence-electron chi connectivity index (χ1n) is 3.68. The van der Waals surface area contributed by atoms with E-state index in [0.717, 1.165) is 6.54 Å². The molecule has 0 bridgehead atoms. The zero-order chi connectivity index (χ0) is 7.56. The van der Waals surface area contributed by atoms with Crippen LogP contribution in [-0.4, -0.2) is 24.1 Å². The van der Waals surface area contributed by atoms with Gasteiger partial charge in [-0.2, -0.15) is 0 Å². The van der Waals surface area contributed by atoms with Gasteiger partial charge in [0.1, 0.15) is 0 Å². The fourth-order valence-corrected chi connectivity index (χ4v) is 1.26. The van der Waals surface area contributed by atoms with Crippen molar-refractivity contribution in [2.45, 2.75) is 26.1 Å². The minimum atomic E-state index is 0.237. The standard InChI is InChI=1S/C7H14N2S/c1-5-3-8-7(4-10)9-6(5)2/h4-9H,3H2,1-2H3. The Bertz CT molecular complexity index is 127. The Morgan fingerprint density at radius 2 is 2.20 bits per heavy atom. The van der Waals surface area contributed by atoms with Crippen molar-refractivity contribution in [1.29, 1.82) is 0 Å². The van der Waals surface area contributed by atoms with Crippen LogP contribution in [0.15, 0.2) is 0 Å². The molecule has 2 N–H and O–H groups in total. The number of nitrogens with one attached hydrogen (secondary N) is 2. The second-order valence-electron chi connectivity index (χ2n) is 2.95. The maximum Gasteiger partial charge on any atom is 0.0871 e. The van der Waals surface area contributed by atoms with Crippen molar-refractivity contribution in [2.24, 2.45) is 5.92 Å². The summed E-state index contributed by atoms with van der Waals surface area (Å²) in [5.41, 5.74) is 0. The van der Waals surface area contributed by atoms with E-state index >= 15 is 0 Å². The molecule has 1 rings (SSSR count). The summed E-state index contributed by atoms with van der Waals surface area (Å²) in [7, 11) is 0. The highest BCUT2D eigenvalue weighted by atomic mass is 32.1. The molecule has 0 aromatic heterocycles. The largest absolute Gasteiger partial charge is 0.298 e. The van der Waals surface area contributed by atoms with Crippen molar-refractivity contribution >= 4 is 17.6 Å². The van der Waals surface area contributed by atoms with E-state index in [1.54, 1.807) is 5.37 Å². The Morgan fingerprint density at radius 1 is 1.50 bits per heavy atom. The molecule has 0 amide bonds. The van der Waals surface area contributed by atoms with Crippen LogP contribution >= 0.6 is 12.2 Å². The van der Waals surface area contributed by atoms with E-state index in [1.807, 2.05) is 0 Å². The van der Waals surface area contributed by atoms with Crippen LogP contribution in [0, 0.1) is 5.92 Å². The van der Waals surface area contributed by atoms with E-state index < -0.39 is 0 Å². The van der Waals surface area contributed by atoms with E-state index in [0.29, 0.717) is 12.0 Å². The molecule has 0 spiro atoms. The number of hydrogen-bond donors (Lipinski definition) is 2. The maximum atomic E-state index is 4.81. The summed E-state index contributed by atoms with van der Waals surface area (Å²) in [5, 5.41) is 8.36. The molecule has 0 aromatic rings. The molecular weight excluding hydrogens is 144 g/mol.